The van der Waals surface area contributed by atoms with Crippen LogP contribution in [0, 0.1) is 0 Å². The maximum Gasteiger partial charge on any atom is 0.416 e. The molecule has 7 heteroatoms. The van der Waals surface area contributed by atoms with Gasteiger partial charge in [-0.3, -0.25) is 9.79 Å². The average Bonchev–Trinajstić information content (AvgIpc) is 3.20. The first-order valence-corrected chi connectivity index (χ1v) is 10.1. The number of anilines is 1. The minimum Gasteiger partial charge on any atom is -0.361 e. The van der Waals surface area contributed by atoms with Gasteiger partial charge in [-0.05, 0) is 36.2 Å². The number of carbonyl (C=O) groups excluding carboxylic acids is 1. The van der Waals surface area contributed by atoms with E-state index in [4.69, 9.17) is 0 Å². The van der Waals surface area contributed by atoms with Crippen molar-refractivity contribution in [3.05, 3.63) is 102 Å². The fourth-order valence-electron chi connectivity index (χ4n) is 3.48. The van der Waals surface area contributed by atoms with Gasteiger partial charge in [0.25, 0.3) is 5.91 Å². The molecule has 4 aromatic rings. The van der Waals surface area contributed by atoms with Gasteiger partial charge in [-0.2, -0.15) is 13.2 Å². The van der Waals surface area contributed by atoms with Gasteiger partial charge in [0.1, 0.15) is 5.71 Å². The minimum atomic E-state index is -4.49. The summed E-state index contributed by atoms with van der Waals surface area (Å²) in [4.78, 5) is 20.7. The molecule has 4 nitrogen and oxygen atoms in total. The number of aromatic nitrogens is 1. The molecule has 0 atom stereocenters. The Balaban J connectivity index is 1.56. The van der Waals surface area contributed by atoms with E-state index >= 15 is 0 Å². The highest BCUT2D eigenvalue weighted by Gasteiger charge is 2.30. The molecular formula is C25H20F3N3O. The number of benzene rings is 3. The molecule has 0 aliphatic rings. The van der Waals surface area contributed by atoms with Crippen LogP contribution in [-0.2, 0) is 17.4 Å². The fourth-order valence-corrected chi connectivity index (χ4v) is 3.48. The van der Waals surface area contributed by atoms with Crippen molar-refractivity contribution < 1.29 is 18.0 Å². The van der Waals surface area contributed by atoms with Crippen molar-refractivity contribution in [2.45, 2.75) is 12.6 Å². The lowest BCUT2D eigenvalue weighted by Gasteiger charge is -2.11. The zero-order valence-corrected chi connectivity index (χ0v) is 17.0. The predicted molar refractivity (Wildman–Crippen MR) is 120 cm³/mol. The summed E-state index contributed by atoms with van der Waals surface area (Å²) in [5.74, 6) is -0.561. The van der Waals surface area contributed by atoms with Gasteiger partial charge >= 0.3 is 6.18 Å². The summed E-state index contributed by atoms with van der Waals surface area (Å²) in [7, 11) is 0. The summed E-state index contributed by atoms with van der Waals surface area (Å²) >= 11 is 0. The summed E-state index contributed by atoms with van der Waals surface area (Å²) in [6, 6.07) is 21.3. The van der Waals surface area contributed by atoms with Crippen LogP contribution in [0.3, 0.4) is 0 Å². The molecule has 3 aromatic carbocycles. The molecule has 0 spiro atoms. The number of alkyl halides is 3. The van der Waals surface area contributed by atoms with Crippen LogP contribution < -0.4 is 5.32 Å². The molecule has 1 amide bonds. The standard InChI is InChI=1S/C25H20F3N3O/c26-25(27,28)19-9-6-10-20(15-19)31-24(32)23(17-7-2-1-3-8-17)29-14-13-18-16-30-22-12-5-4-11-21(18)22/h1-12,15-16,30H,13-14H2,(H,31,32). The van der Waals surface area contributed by atoms with Gasteiger partial charge in [0.2, 0.25) is 0 Å². The number of amides is 1. The monoisotopic (exact) mass is 435 g/mol. The van der Waals surface area contributed by atoms with Gasteiger partial charge in [0, 0.05) is 34.9 Å². The van der Waals surface area contributed by atoms with E-state index in [2.05, 4.69) is 15.3 Å². The zero-order chi connectivity index (χ0) is 22.6. The van der Waals surface area contributed by atoms with Crippen molar-refractivity contribution in [3.63, 3.8) is 0 Å². The lowest BCUT2D eigenvalue weighted by Crippen LogP contribution is -2.24. The quantitative estimate of drug-likeness (QED) is 0.366. The van der Waals surface area contributed by atoms with E-state index in [-0.39, 0.29) is 11.4 Å². The van der Waals surface area contributed by atoms with Gasteiger partial charge < -0.3 is 10.3 Å². The highest BCUT2D eigenvalue weighted by Crippen LogP contribution is 2.30. The Kier molecular flexibility index (Phi) is 6.07. The lowest BCUT2D eigenvalue weighted by molar-refractivity contribution is -0.137. The molecule has 2 N–H and O–H groups in total. The summed E-state index contributed by atoms with van der Waals surface area (Å²) in [5, 5.41) is 3.65. The average molecular weight is 435 g/mol. The molecule has 1 heterocycles. The Morgan fingerprint density at radius 1 is 0.938 bits per heavy atom. The first-order chi connectivity index (χ1) is 15.4. The molecule has 0 bridgehead atoms. The van der Waals surface area contributed by atoms with Crippen LogP contribution in [0.25, 0.3) is 10.9 Å². The number of para-hydroxylation sites is 1. The van der Waals surface area contributed by atoms with Crippen LogP contribution in [0.15, 0.2) is 90.1 Å². The van der Waals surface area contributed by atoms with E-state index in [1.54, 1.807) is 24.3 Å². The number of aliphatic imine (C=N–C) groups is 1. The minimum absolute atomic E-state index is 0.0603. The van der Waals surface area contributed by atoms with Gasteiger partial charge in [-0.15, -0.1) is 0 Å². The van der Waals surface area contributed by atoms with Crippen LogP contribution in [-0.4, -0.2) is 23.1 Å². The van der Waals surface area contributed by atoms with E-state index in [9.17, 15) is 18.0 Å². The molecule has 0 saturated heterocycles. The molecule has 162 valence electrons. The Morgan fingerprint density at radius 2 is 1.69 bits per heavy atom. The first kappa shape index (κ1) is 21.4. The van der Waals surface area contributed by atoms with Crippen molar-refractivity contribution in [2.75, 3.05) is 11.9 Å². The smallest absolute Gasteiger partial charge is 0.361 e. The maximum absolute atomic E-state index is 13.0. The Bertz CT molecular complexity index is 1260. The summed E-state index contributed by atoms with van der Waals surface area (Å²) in [6.45, 7) is 0.349. The molecule has 0 unspecified atom stereocenters. The van der Waals surface area contributed by atoms with Crippen LogP contribution in [0.1, 0.15) is 16.7 Å². The number of nitrogens with one attached hydrogen (secondary N) is 2. The summed E-state index contributed by atoms with van der Waals surface area (Å²) in [6.07, 6.45) is -1.96. The third kappa shape index (κ3) is 4.88. The second kappa shape index (κ2) is 9.09. The summed E-state index contributed by atoms with van der Waals surface area (Å²) < 4.78 is 39.0. The topological polar surface area (TPSA) is 57.2 Å². The van der Waals surface area contributed by atoms with Crippen LogP contribution in [0.4, 0.5) is 18.9 Å². The van der Waals surface area contributed by atoms with E-state index in [1.165, 1.54) is 12.1 Å². The van der Waals surface area contributed by atoms with Gasteiger partial charge in [-0.25, -0.2) is 0 Å². The number of rotatable bonds is 6. The van der Waals surface area contributed by atoms with Crippen LogP contribution >= 0.6 is 0 Å². The third-order valence-electron chi connectivity index (χ3n) is 5.04. The van der Waals surface area contributed by atoms with Crippen LogP contribution in [0.2, 0.25) is 0 Å². The molecule has 32 heavy (non-hydrogen) atoms. The van der Waals surface area contributed by atoms with Crippen LogP contribution in [0.5, 0.6) is 0 Å². The third-order valence-corrected chi connectivity index (χ3v) is 5.04. The van der Waals surface area contributed by atoms with E-state index in [1.807, 2.05) is 36.5 Å². The highest BCUT2D eigenvalue weighted by atomic mass is 19.4. The number of hydrogen-bond acceptors (Lipinski definition) is 2. The van der Waals surface area contributed by atoms with E-state index in [0.29, 0.717) is 18.5 Å². The normalized spacial score (nSPS) is 12.2. The maximum atomic E-state index is 13.0. The molecule has 1 aromatic heterocycles. The number of hydrogen-bond donors (Lipinski definition) is 2. The second-order valence-electron chi connectivity index (χ2n) is 7.24. The Labute approximate surface area is 182 Å². The highest BCUT2D eigenvalue weighted by molar-refractivity contribution is 6.48. The van der Waals surface area contributed by atoms with Gasteiger partial charge in [0.05, 0.1) is 5.56 Å². The molecule has 0 saturated carbocycles. The zero-order valence-electron chi connectivity index (χ0n) is 17.0. The number of aromatic amines is 1. The Hall–Kier alpha value is -3.87. The van der Waals surface area contributed by atoms with Crippen molar-refractivity contribution in [1.82, 2.24) is 4.98 Å². The Morgan fingerprint density at radius 3 is 2.47 bits per heavy atom. The van der Waals surface area contributed by atoms with E-state index in [0.717, 1.165) is 28.6 Å². The van der Waals surface area contributed by atoms with Gasteiger partial charge in [-0.1, -0.05) is 54.6 Å². The molecule has 0 aliphatic heterocycles. The SMILES string of the molecule is O=C(Nc1cccc(C(F)(F)F)c1)C(=NCCc1c[nH]c2ccccc12)c1ccccc1. The predicted octanol–water partition coefficient (Wildman–Crippen LogP) is 5.86. The number of nitrogens with zero attached hydrogens (tertiary/aromatic N) is 1. The van der Waals surface area contributed by atoms with Crippen molar-refractivity contribution in [3.8, 4) is 0 Å². The molecule has 4 rings (SSSR count). The fraction of sp³-hybridized carbons (Fsp3) is 0.120. The molecule has 0 fully saturated rings. The number of fused-ring (bicyclic) bond motifs is 1. The number of H-pyrrole nitrogens is 1. The number of halogens is 3. The molecular weight excluding hydrogens is 415 g/mol. The summed E-state index contributed by atoms with van der Waals surface area (Å²) in [5.41, 5.74) is 2.10. The largest absolute Gasteiger partial charge is 0.416 e. The second-order valence-corrected chi connectivity index (χ2v) is 7.24. The lowest BCUT2D eigenvalue weighted by atomic mass is 10.1. The first-order valence-electron chi connectivity index (χ1n) is 10.1. The van der Waals surface area contributed by atoms with E-state index < -0.39 is 17.6 Å². The van der Waals surface area contributed by atoms with Crippen molar-refractivity contribution in [1.29, 1.82) is 0 Å². The van der Waals surface area contributed by atoms with Gasteiger partial charge in [0.15, 0.2) is 0 Å². The van der Waals surface area contributed by atoms with Crippen molar-refractivity contribution in [2.24, 2.45) is 4.99 Å². The number of carbonyl (C=O) groups is 1. The molecule has 0 aliphatic carbocycles. The van der Waals surface area contributed by atoms with Crippen molar-refractivity contribution >= 4 is 28.2 Å². The molecule has 0 radical (unpaired) electrons.